The standard InChI is InChI=1S/C74H46N4/c1-5-23-51(24-6-1)75(52-25-7-2-8-26-52)67-41-37-59-61-45-70-62(46-69(61)77-65-39-35-49(43-63(65)71(67)73(59)77)57-33-17-21-47-19-13-15-31-55(47)57)60-38-42-68(76(53-27-9-3-10-28-53)54-29-11-4-12-30-54)72-64-44-50(36-40-66(64)78(70)74(60)72)58-34-18-22-48-20-14-16-32-56(48)58/h1-46H. The lowest BCUT2D eigenvalue weighted by Gasteiger charge is -2.26. The van der Waals surface area contributed by atoms with Gasteiger partial charge in [-0.3, -0.25) is 0 Å². The summed E-state index contributed by atoms with van der Waals surface area (Å²) < 4.78 is 5.14. The van der Waals surface area contributed by atoms with E-state index in [1.54, 1.807) is 0 Å². The van der Waals surface area contributed by atoms with Crippen LogP contribution in [-0.2, 0) is 0 Å². The summed E-state index contributed by atoms with van der Waals surface area (Å²) in [5.74, 6) is 0. The predicted octanol–water partition coefficient (Wildman–Crippen LogP) is 20.6. The minimum atomic E-state index is 1.11. The van der Waals surface area contributed by atoms with E-state index in [0.29, 0.717) is 0 Å². The SMILES string of the molecule is c1ccc(N(c2ccccc2)c2ccc3c4cc5c(cc4n4c6ccc(-c7cccc8ccccc78)cc6c2c34)c2ccc(N(c3ccccc3)c3ccccc3)c3c4cc(-c6cccc7ccccc67)ccc4n5c23)cc1. The third-order valence-electron chi connectivity index (χ3n) is 16.7. The van der Waals surface area contributed by atoms with Crippen LogP contribution < -0.4 is 9.80 Å². The van der Waals surface area contributed by atoms with Crippen LogP contribution in [-0.4, -0.2) is 8.80 Å². The van der Waals surface area contributed by atoms with Gasteiger partial charge in [-0.05, 0) is 141 Å². The fraction of sp³-hybridized carbons (Fsp3) is 0. The summed E-state index contributed by atoms with van der Waals surface area (Å²) in [7, 11) is 0. The van der Waals surface area contributed by atoms with Gasteiger partial charge >= 0.3 is 0 Å². The van der Waals surface area contributed by atoms with E-state index in [1.165, 1.54) is 120 Å². The maximum absolute atomic E-state index is 2.57. The second kappa shape index (κ2) is 16.5. The van der Waals surface area contributed by atoms with E-state index >= 15 is 0 Å². The van der Waals surface area contributed by atoms with E-state index < -0.39 is 0 Å². The zero-order chi connectivity index (χ0) is 51.0. The van der Waals surface area contributed by atoms with Crippen molar-refractivity contribution in [2.24, 2.45) is 0 Å². The summed E-state index contributed by atoms with van der Waals surface area (Å²) in [5, 5.41) is 14.8. The first-order valence-corrected chi connectivity index (χ1v) is 26.9. The van der Waals surface area contributed by atoms with Gasteiger partial charge in [-0.2, -0.15) is 0 Å². The van der Waals surface area contributed by atoms with Crippen LogP contribution in [0.4, 0.5) is 34.1 Å². The van der Waals surface area contributed by atoms with Crippen LogP contribution in [0.5, 0.6) is 0 Å². The molecule has 0 aliphatic rings. The number of hydrogen-bond donors (Lipinski definition) is 0. The Balaban J connectivity index is 0.988. The fourth-order valence-electron chi connectivity index (χ4n) is 13.4. The molecule has 0 saturated heterocycles. The van der Waals surface area contributed by atoms with E-state index in [-0.39, 0.29) is 0 Å². The van der Waals surface area contributed by atoms with Crippen LogP contribution in [0.2, 0.25) is 0 Å². The van der Waals surface area contributed by atoms with Crippen molar-refractivity contribution in [3.8, 4) is 22.3 Å². The van der Waals surface area contributed by atoms with Crippen LogP contribution in [0.25, 0.3) is 120 Å². The number of rotatable bonds is 8. The lowest BCUT2D eigenvalue weighted by Crippen LogP contribution is -2.10. The van der Waals surface area contributed by atoms with Gasteiger partial charge in [-0.25, -0.2) is 0 Å². The minimum absolute atomic E-state index is 1.11. The maximum atomic E-state index is 2.57. The van der Waals surface area contributed by atoms with Crippen LogP contribution in [0, 0.1) is 0 Å². The summed E-state index contributed by atoms with van der Waals surface area (Å²) in [6.45, 7) is 0. The van der Waals surface area contributed by atoms with Crippen LogP contribution in [0.1, 0.15) is 0 Å². The molecule has 0 radical (unpaired) electrons. The number of fused-ring (bicyclic) bond motifs is 14. The molecule has 17 aromatic rings. The molecule has 4 nitrogen and oxygen atoms in total. The third kappa shape index (κ3) is 6.11. The first-order chi connectivity index (χ1) is 38.7. The lowest BCUT2D eigenvalue weighted by molar-refractivity contribution is 1.30. The number of nitrogens with zero attached hydrogens (tertiary/aromatic N) is 4. The van der Waals surface area contributed by atoms with Crippen molar-refractivity contribution in [3.05, 3.63) is 279 Å². The molecule has 0 amide bonds. The molecule has 362 valence electrons. The molecule has 0 aliphatic carbocycles. The van der Waals surface area contributed by atoms with E-state index in [1.807, 2.05) is 0 Å². The molecule has 17 rings (SSSR count). The van der Waals surface area contributed by atoms with E-state index in [0.717, 1.165) is 34.1 Å². The third-order valence-corrected chi connectivity index (χ3v) is 16.7. The van der Waals surface area contributed by atoms with Crippen molar-refractivity contribution in [2.75, 3.05) is 9.80 Å². The predicted molar refractivity (Wildman–Crippen MR) is 331 cm³/mol. The highest BCUT2D eigenvalue weighted by atomic mass is 15.2. The highest BCUT2D eigenvalue weighted by Gasteiger charge is 2.29. The van der Waals surface area contributed by atoms with Crippen LogP contribution >= 0.6 is 0 Å². The Morgan fingerprint density at radius 1 is 0.231 bits per heavy atom. The Labute approximate surface area is 449 Å². The van der Waals surface area contributed by atoms with Crippen LogP contribution in [0.15, 0.2) is 279 Å². The average Bonchev–Trinajstić information content (AvgIpc) is 4.29. The molecule has 0 aliphatic heterocycles. The minimum Gasteiger partial charge on any atom is -0.310 e. The molecule has 0 bridgehead atoms. The molecule has 0 N–H and O–H groups in total. The maximum Gasteiger partial charge on any atom is 0.0641 e. The van der Waals surface area contributed by atoms with Gasteiger partial charge in [0.25, 0.3) is 0 Å². The van der Waals surface area contributed by atoms with Crippen molar-refractivity contribution in [2.45, 2.75) is 0 Å². The second-order valence-corrected chi connectivity index (χ2v) is 20.8. The monoisotopic (exact) mass is 990 g/mol. The number of para-hydroxylation sites is 4. The number of hydrogen-bond acceptors (Lipinski definition) is 2. The van der Waals surface area contributed by atoms with Gasteiger partial charge in [0, 0.05) is 65.8 Å². The van der Waals surface area contributed by atoms with E-state index in [4.69, 9.17) is 0 Å². The number of benzene rings is 13. The Morgan fingerprint density at radius 2 is 0.590 bits per heavy atom. The fourth-order valence-corrected chi connectivity index (χ4v) is 13.4. The second-order valence-electron chi connectivity index (χ2n) is 20.8. The molecule has 4 heterocycles. The van der Waals surface area contributed by atoms with Gasteiger partial charge < -0.3 is 18.6 Å². The summed E-state index contributed by atoms with van der Waals surface area (Å²) in [4.78, 5) is 4.88. The largest absolute Gasteiger partial charge is 0.310 e. The Morgan fingerprint density at radius 3 is 0.987 bits per heavy atom. The highest BCUT2D eigenvalue weighted by molar-refractivity contribution is 6.32. The molecule has 0 unspecified atom stereocenters. The Bertz CT molecular complexity index is 4780. The molecule has 4 heteroatoms. The Kier molecular flexibility index (Phi) is 9.09. The first-order valence-electron chi connectivity index (χ1n) is 26.9. The summed E-state index contributed by atoms with van der Waals surface area (Å²) in [5.41, 5.74) is 18.8. The highest BCUT2D eigenvalue weighted by Crippen LogP contribution is 2.52. The van der Waals surface area contributed by atoms with Crippen molar-refractivity contribution in [1.82, 2.24) is 8.80 Å². The molecular weight excluding hydrogens is 945 g/mol. The Hall–Kier alpha value is -10.4. The van der Waals surface area contributed by atoms with Crippen LogP contribution in [0.3, 0.4) is 0 Å². The summed E-state index contributed by atoms with van der Waals surface area (Å²) in [6, 6.07) is 103. The normalized spacial score (nSPS) is 12.1. The number of anilines is 6. The van der Waals surface area contributed by atoms with E-state index in [9.17, 15) is 0 Å². The van der Waals surface area contributed by atoms with Gasteiger partial charge in [-0.15, -0.1) is 0 Å². The molecule has 0 fully saturated rings. The van der Waals surface area contributed by atoms with Crippen molar-refractivity contribution >= 4 is 132 Å². The molecule has 4 aromatic heterocycles. The molecule has 78 heavy (non-hydrogen) atoms. The first kappa shape index (κ1) is 42.9. The zero-order valence-electron chi connectivity index (χ0n) is 42.3. The molecule has 13 aromatic carbocycles. The quantitative estimate of drug-likeness (QED) is 0.151. The van der Waals surface area contributed by atoms with Gasteiger partial charge in [0.15, 0.2) is 0 Å². The molecule has 0 spiro atoms. The van der Waals surface area contributed by atoms with Crippen molar-refractivity contribution in [1.29, 1.82) is 0 Å². The van der Waals surface area contributed by atoms with Crippen molar-refractivity contribution < 1.29 is 0 Å². The molecule has 0 saturated carbocycles. The van der Waals surface area contributed by atoms with E-state index in [2.05, 4.69) is 298 Å². The number of aromatic nitrogens is 2. The lowest BCUT2D eigenvalue weighted by atomic mass is 9.96. The van der Waals surface area contributed by atoms with Gasteiger partial charge in [-0.1, -0.05) is 182 Å². The van der Waals surface area contributed by atoms with Crippen molar-refractivity contribution in [3.63, 3.8) is 0 Å². The van der Waals surface area contributed by atoms with Gasteiger partial charge in [0.2, 0.25) is 0 Å². The van der Waals surface area contributed by atoms with Gasteiger partial charge in [0.05, 0.1) is 44.5 Å². The topological polar surface area (TPSA) is 15.3 Å². The van der Waals surface area contributed by atoms with Gasteiger partial charge in [0.1, 0.15) is 0 Å². The molecule has 0 atom stereocenters. The summed E-state index contributed by atoms with van der Waals surface area (Å²) >= 11 is 0. The average molecular weight is 991 g/mol. The smallest absolute Gasteiger partial charge is 0.0641 e. The molecular formula is C74H46N4. The summed E-state index contributed by atoms with van der Waals surface area (Å²) in [6.07, 6.45) is 0. The zero-order valence-corrected chi connectivity index (χ0v) is 42.3.